The van der Waals surface area contributed by atoms with Crippen LogP contribution in [0.4, 0.5) is 0 Å². The summed E-state index contributed by atoms with van der Waals surface area (Å²) in [7, 11) is 0. The maximum Gasteiger partial charge on any atom is 0.217 e. The normalized spacial score (nSPS) is 18.5. The Morgan fingerprint density at radius 2 is 2.24 bits per heavy atom. The molecule has 0 unspecified atom stereocenters. The largest absolute Gasteiger partial charge is 0.390 e. The number of hydrogen-bond acceptors (Lipinski definition) is 3. The Morgan fingerprint density at radius 1 is 1.53 bits per heavy atom. The van der Waals surface area contributed by atoms with Gasteiger partial charge in [0.1, 0.15) is 6.10 Å². The number of nitrogens with one attached hydrogen (secondary N) is 1. The fourth-order valence-electron chi connectivity index (χ4n) is 1.61. The second-order valence-electron chi connectivity index (χ2n) is 3.91. The Morgan fingerprint density at radius 3 is 2.88 bits per heavy atom. The van der Waals surface area contributed by atoms with Crippen LogP contribution in [0.3, 0.4) is 0 Å². The fraction of sp³-hybridized carbons (Fsp3) is 0.333. The predicted molar refractivity (Wildman–Crippen MR) is 68.9 cm³/mol. The molecular weight excluding hydrogens is 284 g/mol. The Labute approximate surface area is 108 Å². The van der Waals surface area contributed by atoms with E-state index in [1.807, 2.05) is 24.3 Å². The summed E-state index contributed by atoms with van der Waals surface area (Å²) >= 11 is 3.39. The minimum atomic E-state index is -0.0578. The van der Waals surface area contributed by atoms with E-state index in [1.165, 1.54) is 6.92 Å². The van der Waals surface area contributed by atoms with Crippen molar-refractivity contribution in [3.8, 4) is 0 Å². The summed E-state index contributed by atoms with van der Waals surface area (Å²) < 4.78 is 1.04. The van der Waals surface area contributed by atoms with Crippen molar-refractivity contribution in [2.24, 2.45) is 5.16 Å². The van der Waals surface area contributed by atoms with E-state index in [0.29, 0.717) is 6.54 Å². The topological polar surface area (TPSA) is 50.7 Å². The van der Waals surface area contributed by atoms with Gasteiger partial charge >= 0.3 is 0 Å². The Hall–Kier alpha value is -1.36. The third-order valence-corrected chi connectivity index (χ3v) is 3.02. The lowest BCUT2D eigenvalue weighted by molar-refractivity contribution is -0.119. The molecule has 0 saturated carbocycles. The SMILES string of the molecule is CC(=O)NC[C@H]1CC(c2ccc(Br)cc2)=NO1. The molecule has 1 amide bonds. The van der Waals surface area contributed by atoms with Gasteiger partial charge in [-0.3, -0.25) is 4.79 Å². The first-order chi connectivity index (χ1) is 8.15. The summed E-state index contributed by atoms with van der Waals surface area (Å²) in [6.45, 7) is 1.99. The third kappa shape index (κ3) is 3.30. The van der Waals surface area contributed by atoms with Crippen molar-refractivity contribution >= 4 is 27.5 Å². The smallest absolute Gasteiger partial charge is 0.217 e. The van der Waals surface area contributed by atoms with Crippen LogP contribution >= 0.6 is 15.9 Å². The molecule has 4 nitrogen and oxygen atoms in total. The van der Waals surface area contributed by atoms with Gasteiger partial charge in [-0.1, -0.05) is 33.2 Å². The minimum absolute atomic E-state index is 0.0503. The molecule has 0 aromatic heterocycles. The average Bonchev–Trinajstić information content (AvgIpc) is 2.76. The summed E-state index contributed by atoms with van der Waals surface area (Å²) in [4.78, 5) is 16.0. The Balaban J connectivity index is 1.93. The highest BCUT2D eigenvalue weighted by atomic mass is 79.9. The van der Waals surface area contributed by atoms with Crippen LogP contribution in [-0.2, 0) is 9.63 Å². The molecule has 17 heavy (non-hydrogen) atoms. The Kier molecular flexibility index (Phi) is 3.78. The van der Waals surface area contributed by atoms with E-state index in [2.05, 4.69) is 26.4 Å². The second-order valence-corrected chi connectivity index (χ2v) is 4.83. The molecule has 1 aromatic carbocycles. The molecule has 0 radical (unpaired) electrons. The molecule has 90 valence electrons. The summed E-state index contributed by atoms with van der Waals surface area (Å²) in [5.74, 6) is -0.0503. The Bertz CT molecular complexity index is 442. The molecule has 0 fully saturated rings. The lowest BCUT2D eigenvalue weighted by atomic mass is 10.1. The van der Waals surface area contributed by atoms with Gasteiger partial charge in [-0.25, -0.2) is 0 Å². The van der Waals surface area contributed by atoms with Gasteiger partial charge in [-0.15, -0.1) is 0 Å². The molecule has 0 bridgehead atoms. The highest BCUT2D eigenvalue weighted by Crippen LogP contribution is 2.18. The van der Waals surface area contributed by atoms with Crippen LogP contribution in [0.5, 0.6) is 0 Å². The lowest BCUT2D eigenvalue weighted by Gasteiger charge is -2.07. The van der Waals surface area contributed by atoms with Crippen molar-refractivity contribution in [2.45, 2.75) is 19.4 Å². The van der Waals surface area contributed by atoms with Crippen molar-refractivity contribution in [2.75, 3.05) is 6.54 Å². The molecule has 0 spiro atoms. The number of rotatable bonds is 3. The van der Waals surface area contributed by atoms with Crippen molar-refractivity contribution in [1.82, 2.24) is 5.32 Å². The lowest BCUT2D eigenvalue weighted by Crippen LogP contribution is -2.30. The van der Waals surface area contributed by atoms with Gasteiger partial charge in [0.05, 0.1) is 12.3 Å². The van der Waals surface area contributed by atoms with Crippen LogP contribution in [0, 0.1) is 0 Å². The maximum atomic E-state index is 10.8. The number of hydrogen-bond donors (Lipinski definition) is 1. The van der Waals surface area contributed by atoms with E-state index in [4.69, 9.17) is 4.84 Å². The zero-order chi connectivity index (χ0) is 12.3. The predicted octanol–water partition coefficient (Wildman–Crippen LogP) is 2.08. The first-order valence-corrected chi connectivity index (χ1v) is 6.17. The second kappa shape index (κ2) is 5.31. The molecule has 1 aromatic rings. The molecule has 1 heterocycles. The van der Waals surface area contributed by atoms with Crippen molar-refractivity contribution < 1.29 is 9.63 Å². The number of benzene rings is 1. The quantitative estimate of drug-likeness (QED) is 0.928. The summed E-state index contributed by atoms with van der Waals surface area (Å²) in [6, 6.07) is 7.93. The van der Waals surface area contributed by atoms with Gasteiger partial charge < -0.3 is 10.2 Å². The molecule has 5 heteroatoms. The molecule has 2 rings (SSSR count). The summed E-state index contributed by atoms with van der Waals surface area (Å²) in [5.41, 5.74) is 1.98. The highest BCUT2D eigenvalue weighted by molar-refractivity contribution is 9.10. The number of oxime groups is 1. The van der Waals surface area contributed by atoms with E-state index in [1.54, 1.807) is 0 Å². The number of nitrogens with zero attached hydrogens (tertiary/aromatic N) is 1. The average molecular weight is 297 g/mol. The van der Waals surface area contributed by atoms with Gasteiger partial charge in [0.15, 0.2) is 0 Å². The molecule has 1 aliphatic heterocycles. The van der Waals surface area contributed by atoms with Gasteiger partial charge in [-0.2, -0.15) is 0 Å². The summed E-state index contributed by atoms with van der Waals surface area (Å²) in [5, 5.41) is 6.77. The maximum absolute atomic E-state index is 10.8. The zero-order valence-electron chi connectivity index (χ0n) is 9.44. The van der Waals surface area contributed by atoms with Crippen molar-refractivity contribution in [1.29, 1.82) is 0 Å². The van der Waals surface area contributed by atoms with Gasteiger partial charge in [-0.05, 0) is 17.7 Å². The van der Waals surface area contributed by atoms with Crippen LogP contribution in [0.1, 0.15) is 18.9 Å². The first kappa shape index (κ1) is 12.1. The van der Waals surface area contributed by atoms with Crippen LogP contribution in [0.15, 0.2) is 33.9 Å². The van der Waals surface area contributed by atoms with E-state index < -0.39 is 0 Å². The third-order valence-electron chi connectivity index (χ3n) is 2.49. The molecule has 0 aliphatic carbocycles. The van der Waals surface area contributed by atoms with Crippen LogP contribution < -0.4 is 5.32 Å². The fourth-order valence-corrected chi connectivity index (χ4v) is 1.87. The van der Waals surface area contributed by atoms with E-state index in [9.17, 15) is 4.79 Å². The van der Waals surface area contributed by atoms with Crippen LogP contribution in [0.25, 0.3) is 0 Å². The standard InChI is InChI=1S/C12H13BrN2O2/c1-8(16)14-7-11-6-12(15-17-11)9-2-4-10(13)5-3-9/h2-5,11H,6-7H2,1H3,(H,14,16)/t11-/m1/s1. The van der Waals surface area contributed by atoms with Gasteiger partial charge in [0, 0.05) is 17.8 Å². The molecule has 0 saturated heterocycles. The van der Waals surface area contributed by atoms with Gasteiger partial charge in [0.2, 0.25) is 5.91 Å². The van der Waals surface area contributed by atoms with E-state index in [-0.39, 0.29) is 12.0 Å². The zero-order valence-corrected chi connectivity index (χ0v) is 11.0. The van der Waals surface area contributed by atoms with E-state index in [0.717, 1.165) is 22.2 Å². The number of amides is 1. The monoisotopic (exact) mass is 296 g/mol. The number of carbonyl (C=O) groups excluding carboxylic acids is 1. The molecule has 1 aliphatic rings. The molecular formula is C12H13BrN2O2. The molecule has 1 atom stereocenters. The van der Waals surface area contributed by atoms with Gasteiger partial charge in [0.25, 0.3) is 0 Å². The highest BCUT2D eigenvalue weighted by Gasteiger charge is 2.22. The first-order valence-electron chi connectivity index (χ1n) is 5.38. The minimum Gasteiger partial charge on any atom is -0.390 e. The van der Waals surface area contributed by atoms with Crippen LogP contribution in [0.2, 0.25) is 0 Å². The van der Waals surface area contributed by atoms with Crippen molar-refractivity contribution in [3.63, 3.8) is 0 Å². The number of halogens is 1. The number of carbonyl (C=O) groups is 1. The summed E-state index contributed by atoms with van der Waals surface area (Å²) in [6.07, 6.45) is 0.666. The van der Waals surface area contributed by atoms with Crippen molar-refractivity contribution in [3.05, 3.63) is 34.3 Å². The molecule has 1 N–H and O–H groups in total. The van der Waals surface area contributed by atoms with E-state index >= 15 is 0 Å². The van der Waals surface area contributed by atoms with Crippen LogP contribution in [-0.4, -0.2) is 24.3 Å².